The molecule has 112 valence electrons. The molecule has 3 heteroatoms. The summed E-state index contributed by atoms with van der Waals surface area (Å²) in [6.45, 7) is 3.56. The molecule has 2 fully saturated rings. The normalized spacial score (nSPS) is 29.1. The fourth-order valence-corrected chi connectivity index (χ4v) is 4.08. The largest absolute Gasteiger partial charge is 0.396 e. The van der Waals surface area contributed by atoms with Gasteiger partial charge in [0, 0.05) is 19.2 Å². The van der Waals surface area contributed by atoms with Gasteiger partial charge in [-0.1, -0.05) is 32.1 Å². The van der Waals surface area contributed by atoms with Crippen molar-refractivity contribution in [2.45, 2.75) is 70.3 Å². The van der Waals surface area contributed by atoms with Crippen molar-refractivity contribution < 1.29 is 5.11 Å². The topological polar surface area (TPSA) is 49.5 Å². The molecule has 2 aliphatic rings. The van der Waals surface area contributed by atoms with Crippen molar-refractivity contribution in [1.82, 2.24) is 4.90 Å². The van der Waals surface area contributed by atoms with Crippen LogP contribution in [0.4, 0.5) is 0 Å². The molecule has 1 saturated carbocycles. The Balaban J connectivity index is 1.98. The summed E-state index contributed by atoms with van der Waals surface area (Å²) in [5.41, 5.74) is 6.53. The highest BCUT2D eigenvalue weighted by Crippen LogP contribution is 2.36. The van der Waals surface area contributed by atoms with Crippen molar-refractivity contribution in [3.63, 3.8) is 0 Å². The van der Waals surface area contributed by atoms with Gasteiger partial charge in [-0.3, -0.25) is 4.90 Å². The molecule has 0 bridgehead atoms. The van der Waals surface area contributed by atoms with E-state index in [-0.39, 0.29) is 0 Å². The Bertz CT molecular complexity index is 247. The maximum atomic E-state index is 9.26. The lowest BCUT2D eigenvalue weighted by atomic mass is 9.79. The quantitative estimate of drug-likeness (QED) is 0.753. The van der Waals surface area contributed by atoms with Crippen LogP contribution in [0.5, 0.6) is 0 Å². The van der Waals surface area contributed by atoms with Crippen molar-refractivity contribution in [3.8, 4) is 0 Å². The third kappa shape index (κ3) is 4.17. The molecule has 0 aromatic heterocycles. The summed E-state index contributed by atoms with van der Waals surface area (Å²) in [6.07, 6.45) is 13.0. The molecular weight excluding hydrogens is 236 g/mol. The number of piperidine rings is 1. The number of nitrogens with two attached hydrogens (primary N) is 1. The van der Waals surface area contributed by atoms with E-state index in [1.165, 1.54) is 70.9 Å². The molecule has 1 unspecified atom stereocenters. The fourth-order valence-electron chi connectivity index (χ4n) is 4.08. The molecule has 0 aromatic rings. The van der Waals surface area contributed by atoms with E-state index in [0.717, 1.165) is 13.0 Å². The number of hydrogen-bond acceptors (Lipinski definition) is 3. The summed E-state index contributed by atoms with van der Waals surface area (Å²) in [7, 11) is 0. The molecule has 0 spiro atoms. The van der Waals surface area contributed by atoms with Crippen molar-refractivity contribution in [2.24, 2.45) is 11.1 Å². The Morgan fingerprint density at radius 2 is 1.79 bits per heavy atom. The molecule has 1 atom stereocenters. The van der Waals surface area contributed by atoms with Crippen LogP contribution in [-0.2, 0) is 0 Å². The first-order valence-electron chi connectivity index (χ1n) is 8.35. The van der Waals surface area contributed by atoms with Crippen LogP contribution < -0.4 is 5.73 Å². The lowest BCUT2D eigenvalue weighted by Gasteiger charge is -2.43. The molecule has 19 heavy (non-hydrogen) atoms. The van der Waals surface area contributed by atoms with Gasteiger partial charge >= 0.3 is 0 Å². The maximum absolute atomic E-state index is 9.26. The van der Waals surface area contributed by atoms with Crippen LogP contribution in [-0.4, -0.2) is 42.3 Å². The Hall–Kier alpha value is -0.120. The third-order valence-corrected chi connectivity index (χ3v) is 5.35. The summed E-state index contributed by atoms with van der Waals surface area (Å²) in [4.78, 5) is 2.65. The van der Waals surface area contributed by atoms with Gasteiger partial charge in [0.05, 0.1) is 0 Å². The fraction of sp³-hybridized carbons (Fsp3) is 1.00. The van der Waals surface area contributed by atoms with Crippen LogP contribution in [0.15, 0.2) is 0 Å². The Labute approximate surface area is 118 Å². The van der Waals surface area contributed by atoms with Crippen LogP contribution in [0.3, 0.4) is 0 Å². The van der Waals surface area contributed by atoms with Crippen LogP contribution in [0, 0.1) is 5.41 Å². The molecule has 0 aromatic carbocycles. The third-order valence-electron chi connectivity index (χ3n) is 5.35. The molecule has 2 rings (SSSR count). The van der Waals surface area contributed by atoms with Crippen molar-refractivity contribution in [2.75, 3.05) is 26.2 Å². The average molecular weight is 268 g/mol. The second-order valence-electron chi connectivity index (χ2n) is 6.75. The minimum Gasteiger partial charge on any atom is -0.396 e. The maximum Gasteiger partial charge on any atom is 0.0445 e. The lowest BCUT2D eigenvalue weighted by molar-refractivity contribution is 0.0607. The Morgan fingerprint density at radius 1 is 1.05 bits per heavy atom. The van der Waals surface area contributed by atoms with Gasteiger partial charge in [-0.2, -0.15) is 0 Å². The van der Waals surface area contributed by atoms with E-state index in [4.69, 9.17) is 5.73 Å². The van der Waals surface area contributed by atoms with Crippen molar-refractivity contribution in [1.29, 1.82) is 0 Å². The number of aliphatic hydroxyl groups excluding tert-OH is 1. The second-order valence-corrected chi connectivity index (χ2v) is 6.75. The summed E-state index contributed by atoms with van der Waals surface area (Å²) in [5.74, 6) is 0. The van der Waals surface area contributed by atoms with Crippen molar-refractivity contribution >= 4 is 0 Å². The average Bonchev–Trinajstić information content (AvgIpc) is 2.68. The summed E-state index contributed by atoms with van der Waals surface area (Å²) >= 11 is 0. The van der Waals surface area contributed by atoms with Crippen LogP contribution in [0.2, 0.25) is 0 Å². The highest BCUT2D eigenvalue weighted by Gasteiger charge is 2.34. The molecule has 0 radical (unpaired) electrons. The summed E-state index contributed by atoms with van der Waals surface area (Å²) < 4.78 is 0. The highest BCUT2D eigenvalue weighted by atomic mass is 16.3. The minimum atomic E-state index is 0.330. The molecule has 0 amide bonds. The number of nitrogens with zero attached hydrogens (tertiary/aromatic N) is 1. The van der Waals surface area contributed by atoms with Crippen LogP contribution >= 0.6 is 0 Å². The number of rotatable bonds is 5. The van der Waals surface area contributed by atoms with E-state index < -0.39 is 0 Å². The van der Waals surface area contributed by atoms with E-state index >= 15 is 0 Å². The van der Waals surface area contributed by atoms with Gasteiger partial charge in [-0.15, -0.1) is 0 Å². The van der Waals surface area contributed by atoms with Crippen molar-refractivity contribution in [3.05, 3.63) is 0 Å². The zero-order valence-electron chi connectivity index (χ0n) is 12.4. The molecule has 3 nitrogen and oxygen atoms in total. The van der Waals surface area contributed by atoms with Gasteiger partial charge < -0.3 is 10.8 Å². The molecule has 3 N–H and O–H groups in total. The summed E-state index contributed by atoms with van der Waals surface area (Å²) in [5, 5.41) is 9.26. The number of aliphatic hydroxyl groups is 1. The molecule has 1 aliphatic carbocycles. The zero-order valence-corrected chi connectivity index (χ0v) is 12.4. The first-order chi connectivity index (χ1) is 9.29. The minimum absolute atomic E-state index is 0.330. The van der Waals surface area contributed by atoms with Gasteiger partial charge in [-0.25, -0.2) is 0 Å². The van der Waals surface area contributed by atoms with Gasteiger partial charge in [0.2, 0.25) is 0 Å². The predicted molar refractivity (Wildman–Crippen MR) is 80.1 cm³/mol. The van der Waals surface area contributed by atoms with E-state index in [9.17, 15) is 5.11 Å². The Kier molecular flexibility index (Phi) is 6.11. The van der Waals surface area contributed by atoms with E-state index in [1.54, 1.807) is 0 Å². The van der Waals surface area contributed by atoms with Gasteiger partial charge in [-0.05, 0) is 50.6 Å². The second kappa shape index (κ2) is 7.61. The Morgan fingerprint density at radius 3 is 2.42 bits per heavy atom. The first-order valence-corrected chi connectivity index (χ1v) is 8.35. The van der Waals surface area contributed by atoms with E-state index in [2.05, 4.69) is 4.90 Å². The summed E-state index contributed by atoms with van der Waals surface area (Å²) in [6, 6.07) is 0.602. The van der Waals surface area contributed by atoms with E-state index in [0.29, 0.717) is 18.1 Å². The highest BCUT2D eigenvalue weighted by molar-refractivity contribution is 4.89. The van der Waals surface area contributed by atoms with Gasteiger partial charge in [0.25, 0.3) is 0 Å². The SMILES string of the molecule is NCC1(CN2CCCCC2CCO)CCCCCC1. The number of hydrogen-bond donors (Lipinski definition) is 2. The molecule has 1 saturated heterocycles. The standard InChI is InChI=1S/C16H32N2O/c17-13-16(9-4-1-2-5-10-16)14-18-11-6-3-7-15(18)8-12-19/h15,19H,1-14,17H2. The molecule has 1 heterocycles. The monoisotopic (exact) mass is 268 g/mol. The smallest absolute Gasteiger partial charge is 0.0445 e. The first kappa shape index (κ1) is 15.3. The lowest BCUT2D eigenvalue weighted by Crippen LogP contribution is -2.48. The number of likely N-dealkylation sites (tertiary alicyclic amines) is 1. The molecule has 1 aliphatic heterocycles. The van der Waals surface area contributed by atoms with E-state index in [1.807, 2.05) is 0 Å². The van der Waals surface area contributed by atoms with Gasteiger partial charge in [0.15, 0.2) is 0 Å². The van der Waals surface area contributed by atoms with Crippen LogP contribution in [0.1, 0.15) is 64.2 Å². The molecular formula is C16H32N2O. The van der Waals surface area contributed by atoms with Crippen LogP contribution in [0.25, 0.3) is 0 Å². The zero-order chi connectivity index (χ0) is 13.6. The van der Waals surface area contributed by atoms with Gasteiger partial charge in [0.1, 0.15) is 0 Å². The predicted octanol–water partition coefficient (Wildman–Crippen LogP) is 2.52.